The molecule has 2 aliphatic carbocycles. The molecule has 1 saturated carbocycles. The molecule has 4 heteroatoms. The van der Waals surface area contributed by atoms with Crippen molar-refractivity contribution in [3.63, 3.8) is 0 Å². The summed E-state index contributed by atoms with van der Waals surface area (Å²) >= 11 is 0. The summed E-state index contributed by atoms with van der Waals surface area (Å²) in [5.74, 6) is 0.176. The van der Waals surface area contributed by atoms with Crippen molar-refractivity contribution in [1.29, 1.82) is 0 Å². The molecular weight excluding hydrogens is 252 g/mol. The zero-order chi connectivity index (χ0) is 14.0. The average molecular weight is 276 g/mol. The van der Waals surface area contributed by atoms with E-state index < -0.39 is 5.54 Å². The summed E-state index contributed by atoms with van der Waals surface area (Å²) in [4.78, 5) is 26.4. The van der Waals surface area contributed by atoms with Gasteiger partial charge in [0.25, 0.3) is 0 Å². The lowest BCUT2D eigenvalue weighted by Crippen LogP contribution is -2.65. The van der Waals surface area contributed by atoms with E-state index in [4.69, 9.17) is 0 Å². The van der Waals surface area contributed by atoms with Crippen molar-refractivity contribution in [3.05, 3.63) is 11.6 Å². The average Bonchev–Trinajstić information content (AvgIpc) is 2.92. The van der Waals surface area contributed by atoms with Gasteiger partial charge in [-0.15, -0.1) is 0 Å². The number of rotatable bonds is 3. The minimum atomic E-state index is -0.559. The number of amides is 2. The Morgan fingerprint density at radius 2 is 1.95 bits per heavy atom. The summed E-state index contributed by atoms with van der Waals surface area (Å²) in [6, 6.07) is 0. The molecule has 0 bridgehead atoms. The van der Waals surface area contributed by atoms with Crippen molar-refractivity contribution in [2.24, 2.45) is 0 Å². The van der Waals surface area contributed by atoms with Gasteiger partial charge in [-0.3, -0.25) is 9.59 Å². The summed E-state index contributed by atoms with van der Waals surface area (Å²) in [7, 11) is 0. The Bertz CT molecular complexity index is 436. The number of piperazine rings is 1. The van der Waals surface area contributed by atoms with Gasteiger partial charge < -0.3 is 10.2 Å². The number of hydrogen-bond acceptors (Lipinski definition) is 2. The van der Waals surface area contributed by atoms with Crippen LogP contribution in [-0.4, -0.2) is 35.3 Å². The molecule has 0 unspecified atom stereocenters. The molecule has 0 atom stereocenters. The third kappa shape index (κ3) is 2.60. The summed E-state index contributed by atoms with van der Waals surface area (Å²) in [5, 5.41) is 2.96. The Labute approximate surface area is 120 Å². The second-order valence-electron chi connectivity index (χ2n) is 6.42. The second kappa shape index (κ2) is 5.58. The molecule has 1 saturated heterocycles. The van der Waals surface area contributed by atoms with Gasteiger partial charge in [0.2, 0.25) is 11.8 Å². The zero-order valence-corrected chi connectivity index (χ0v) is 12.1. The van der Waals surface area contributed by atoms with Gasteiger partial charge in [-0.05, 0) is 44.9 Å². The number of nitrogens with zero attached hydrogens (tertiary/aromatic N) is 1. The zero-order valence-electron chi connectivity index (χ0n) is 12.1. The predicted octanol–water partition coefficient (Wildman–Crippen LogP) is 2.15. The number of carbonyl (C=O) groups excluding carboxylic acids is 2. The van der Waals surface area contributed by atoms with E-state index in [2.05, 4.69) is 11.4 Å². The molecule has 0 aromatic rings. The molecule has 4 nitrogen and oxygen atoms in total. The third-order valence-corrected chi connectivity index (χ3v) is 4.95. The molecular formula is C16H24N2O2. The molecule has 1 spiro atoms. The molecule has 1 aliphatic heterocycles. The summed E-state index contributed by atoms with van der Waals surface area (Å²) in [6.45, 7) is 0.952. The van der Waals surface area contributed by atoms with Gasteiger partial charge in [0.1, 0.15) is 5.54 Å². The molecule has 2 amide bonds. The summed E-state index contributed by atoms with van der Waals surface area (Å²) in [5.41, 5.74) is 0.909. The van der Waals surface area contributed by atoms with Gasteiger partial charge in [0.15, 0.2) is 0 Å². The van der Waals surface area contributed by atoms with Crippen LogP contribution in [0.25, 0.3) is 0 Å². The first-order chi connectivity index (χ1) is 9.70. The van der Waals surface area contributed by atoms with Crippen molar-refractivity contribution in [3.8, 4) is 0 Å². The molecule has 2 fully saturated rings. The van der Waals surface area contributed by atoms with Crippen molar-refractivity contribution >= 4 is 11.8 Å². The number of nitrogens with one attached hydrogen (secondary N) is 1. The van der Waals surface area contributed by atoms with E-state index in [0.29, 0.717) is 6.54 Å². The smallest absolute Gasteiger partial charge is 0.248 e. The van der Waals surface area contributed by atoms with Crippen LogP contribution in [-0.2, 0) is 9.59 Å². The molecule has 110 valence electrons. The summed E-state index contributed by atoms with van der Waals surface area (Å²) < 4.78 is 0. The van der Waals surface area contributed by atoms with Crippen LogP contribution in [0.4, 0.5) is 0 Å². The van der Waals surface area contributed by atoms with Gasteiger partial charge in [-0.2, -0.15) is 0 Å². The van der Waals surface area contributed by atoms with E-state index in [1.807, 2.05) is 0 Å². The summed E-state index contributed by atoms with van der Waals surface area (Å²) in [6.07, 6.45) is 11.9. The fourth-order valence-corrected chi connectivity index (χ4v) is 3.82. The Morgan fingerprint density at radius 1 is 1.15 bits per heavy atom. The first-order valence-electron chi connectivity index (χ1n) is 7.98. The van der Waals surface area contributed by atoms with Crippen LogP contribution >= 0.6 is 0 Å². The van der Waals surface area contributed by atoms with Crippen molar-refractivity contribution in [1.82, 2.24) is 10.2 Å². The monoisotopic (exact) mass is 276 g/mol. The third-order valence-electron chi connectivity index (χ3n) is 4.95. The van der Waals surface area contributed by atoms with Crippen molar-refractivity contribution in [2.45, 2.75) is 63.3 Å². The van der Waals surface area contributed by atoms with Gasteiger partial charge in [0.05, 0.1) is 6.54 Å². The highest BCUT2D eigenvalue weighted by Crippen LogP contribution is 2.33. The maximum absolute atomic E-state index is 12.7. The largest absolute Gasteiger partial charge is 0.340 e. The van der Waals surface area contributed by atoms with Crippen LogP contribution in [0.2, 0.25) is 0 Å². The Kier molecular flexibility index (Phi) is 3.81. The highest BCUT2D eigenvalue weighted by atomic mass is 16.2. The van der Waals surface area contributed by atoms with Crippen LogP contribution in [0, 0.1) is 0 Å². The normalized spacial score (nSPS) is 25.8. The van der Waals surface area contributed by atoms with Crippen LogP contribution < -0.4 is 5.32 Å². The maximum atomic E-state index is 12.7. The van der Waals surface area contributed by atoms with E-state index in [9.17, 15) is 9.59 Å². The van der Waals surface area contributed by atoms with Gasteiger partial charge in [-0.1, -0.05) is 24.5 Å². The van der Waals surface area contributed by atoms with Crippen molar-refractivity contribution in [2.75, 3.05) is 13.1 Å². The predicted molar refractivity (Wildman–Crippen MR) is 77.1 cm³/mol. The van der Waals surface area contributed by atoms with Gasteiger partial charge >= 0.3 is 0 Å². The highest BCUT2D eigenvalue weighted by molar-refractivity contribution is 5.98. The second-order valence-corrected chi connectivity index (χ2v) is 6.42. The Hall–Kier alpha value is -1.32. The topological polar surface area (TPSA) is 49.4 Å². The van der Waals surface area contributed by atoms with Gasteiger partial charge in [-0.25, -0.2) is 0 Å². The molecule has 0 aromatic heterocycles. The number of carbonyl (C=O) groups is 2. The Morgan fingerprint density at radius 3 is 2.65 bits per heavy atom. The standard InChI is InChI=1S/C16H24N2O2/c19-14-12-18(11-8-13-6-2-1-3-7-13)15(20)16(17-14)9-4-5-10-16/h6H,1-5,7-12H2,(H,17,19). The lowest BCUT2D eigenvalue weighted by molar-refractivity contribution is -0.149. The molecule has 3 aliphatic rings. The van der Waals surface area contributed by atoms with Gasteiger partial charge in [0, 0.05) is 6.54 Å². The quantitative estimate of drug-likeness (QED) is 0.803. The molecule has 1 N–H and O–H groups in total. The molecule has 1 heterocycles. The number of hydrogen-bond donors (Lipinski definition) is 1. The highest BCUT2D eigenvalue weighted by Gasteiger charge is 2.47. The molecule has 0 radical (unpaired) electrons. The van der Waals surface area contributed by atoms with Crippen LogP contribution in [0.1, 0.15) is 57.8 Å². The van der Waals surface area contributed by atoms with E-state index >= 15 is 0 Å². The lowest BCUT2D eigenvalue weighted by atomic mass is 9.92. The SMILES string of the molecule is O=C1CN(CCC2=CCCCC2)C(=O)C2(CCCC2)N1. The molecule has 3 rings (SSSR count). The molecule has 20 heavy (non-hydrogen) atoms. The lowest BCUT2D eigenvalue weighted by Gasteiger charge is -2.40. The Balaban J connectivity index is 1.64. The van der Waals surface area contributed by atoms with Crippen LogP contribution in [0.3, 0.4) is 0 Å². The van der Waals surface area contributed by atoms with Crippen LogP contribution in [0.15, 0.2) is 11.6 Å². The molecule has 0 aromatic carbocycles. The minimum Gasteiger partial charge on any atom is -0.340 e. The van der Waals surface area contributed by atoms with Crippen LogP contribution in [0.5, 0.6) is 0 Å². The first-order valence-corrected chi connectivity index (χ1v) is 7.98. The minimum absolute atomic E-state index is 0.0177. The first kappa shape index (κ1) is 13.7. The van der Waals surface area contributed by atoms with E-state index in [1.54, 1.807) is 4.90 Å². The fraction of sp³-hybridized carbons (Fsp3) is 0.750. The van der Waals surface area contributed by atoms with E-state index in [-0.39, 0.29) is 18.4 Å². The van der Waals surface area contributed by atoms with E-state index in [0.717, 1.165) is 32.1 Å². The maximum Gasteiger partial charge on any atom is 0.248 e. The van der Waals surface area contributed by atoms with Crippen molar-refractivity contribution < 1.29 is 9.59 Å². The number of allylic oxidation sites excluding steroid dienone is 1. The van der Waals surface area contributed by atoms with E-state index in [1.165, 1.54) is 31.3 Å². The fourth-order valence-electron chi connectivity index (χ4n) is 3.82.